The first-order chi connectivity index (χ1) is 9.64. The van der Waals surface area contributed by atoms with Crippen LogP contribution in [-0.4, -0.2) is 35.6 Å². The topological polar surface area (TPSA) is 114 Å². The zero-order valence-corrected chi connectivity index (χ0v) is 12.6. The summed E-state index contributed by atoms with van der Waals surface area (Å²) >= 11 is 0. The predicted octanol–water partition coefficient (Wildman–Crippen LogP) is 1.63. The lowest BCUT2D eigenvalue weighted by Crippen LogP contribution is -2.36. The fourth-order valence-corrected chi connectivity index (χ4v) is 1.61. The molecule has 1 aromatic carbocycles. The normalized spacial score (nSPS) is 12.6. The van der Waals surface area contributed by atoms with Crippen molar-refractivity contribution in [3.05, 3.63) is 17.7 Å². The van der Waals surface area contributed by atoms with Crippen molar-refractivity contribution >= 4 is 6.09 Å². The van der Waals surface area contributed by atoms with Crippen LogP contribution in [0.25, 0.3) is 0 Å². The van der Waals surface area contributed by atoms with E-state index in [2.05, 4.69) is 5.32 Å². The summed E-state index contributed by atoms with van der Waals surface area (Å²) in [7, 11) is 1.36. The van der Waals surface area contributed by atoms with E-state index in [9.17, 15) is 15.0 Å². The van der Waals surface area contributed by atoms with Gasteiger partial charge in [0, 0.05) is 12.6 Å². The van der Waals surface area contributed by atoms with Gasteiger partial charge in [-0.15, -0.1) is 0 Å². The number of methoxy groups -OCH3 is 1. The van der Waals surface area contributed by atoms with Crippen LogP contribution in [0.15, 0.2) is 12.1 Å². The average molecular weight is 298 g/mol. The Morgan fingerprint density at radius 3 is 2.52 bits per heavy atom. The zero-order valence-electron chi connectivity index (χ0n) is 12.6. The van der Waals surface area contributed by atoms with Gasteiger partial charge in [0.05, 0.1) is 7.11 Å². The van der Waals surface area contributed by atoms with Crippen molar-refractivity contribution in [2.75, 3.05) is 13.7 Å². The second kappa shape index (κ2) is 6.53. The van der Waals surface area contributed by atoms with Crippen molar-refractivity contribution in [1.29, 1.82) is 0 Å². The number of rotatable bonds is 4. The Labute approximate surface area is 123 Å². The van der Waals surface area contributed by atoms with Gasteiger partial charge in [-0.1, -0.05) is 0 Å². The number of amides is 1. The number of hydrogen-bond acceptors (Lipinski definition) is 6. The van der Waals surface area contributed by atoms with Crippen LogP contribution in [0.1, 0.15) is 32.4 Å². The third kappa shape index (κ3) is 5.03. The first-order valence-corrected chi connectivity index (χ1v) is 6.46. The highest BCUT2D eigenvalue weighted by Gasteiger charge is 2.18. The zero-order chi connectivity index (χ0) is 16.2. The fourth-order valence-electron chi connectivity index (χ4n) is 1.61. The molecule has 0 aliphatic carbocycles. The maximum atomic E-state index is 11.5. The summed E-state index contributed by atoms with van der Waals surface area (Å²) in [5, 5.41) is 21.7. The summed E-state index contributed by atoms with van der Waals surface area (Å²) in [6.45, 7) is 5.39. The fraction of sp³-hybridized carbons (Fsp3) is 0.500. The van der Waals surface area contributed by atoms with E-state index in [0.29, 0.717) is 5.56 Å². The van der Waals surface area contributed by atoms with Gasteiger partial charge in [-0.3, -0.25) is 0 Å². The molecule has 1 rings (SSSR count). The van der Waals surface area contributed by atoms with Crippen molar-refractivity contribution in [3.63, 3.8) is 0 Å². The average Bonchev–Trinajstić information content (AvgIpc) is 2.37. The Morgan fingerprint density at radius 2 is 2.00 bits per heavy atom. The third-order valence-corrected chi connectivity index (χ3v) is 2.59. The molecule has 0 heterocycles. The summed E-state index contributed by atoms with van der Waals surface area (Å²) < 4.78 is 10.0. The van der Waals surface area contributed by atoms with Crippen LogP contribution in [0, 0.1) is 0 Å². The van der Waals surface area contributed by atoms with Gasteiger partial charge in [0.15, 0.2) is 11.5 Å². The maximum Gasteiger partial charge on any atom is 0.407 e. The van der Waals surface area contributed by atoms with Crippen LogP contribution >= 0.6 is 0 Å². The Bertz CT molecular complexity index is 511. The van der Waals surface area contributed by atoms with Gasteiger partial charge >= 0.3 is 6.09 Å². The second-order valence-electron chi connectivity index (χ2n) is 5.58. The van der Waals surface area contributed by atoms with E-state index in [1.807, 2.05) is 0 Å². The second-order valence-corrected chi connectivity index (χ2v) is 5.58. The number of nitrogens with two attached hydrogens (primary N) is 1. The van der Waals surface area contributed by atoms with Crippen LogP contribution in [0.3, 0.4) is 0 Å². The van der Waals surface area contributed by atoms with Gasteiger partial charge in [0.1, 0.15) is 5.60 Å². The van der Waals surface area contributed by atoms with Gasteiger partial charge in [-0.25, -0.2) is 4.79 Å². The lowest BCUT2D eigenvalue weighted by Gasteiger charge is -2.21. The Hall–Kier alpha value is -2.15. The number of carbonyl (C=O) groups excluding carboxylic acids is 1. The smallest absolute Gasteiger partial charge is 0.407 e. The van der Waals surface area contributed by atoms with Gasteiger partial charge in [0.25, 0.3) is 0 Å². The SMILES string of the molecule is COc1cc(C(N)CNC(=O)OC(C)(C)C)cc(O)c1O. The number of aromatic hydroxyl groups is 2. The van der Waals surface area contributed by atoms with Crippen LogP contribution in [0.5, 0.6) is 17.2 Å². The Morgan fingerprint density at radius 1 is 1.38 bits per heavy atom. The molecule has 1 atom stereocenters. The van der Waals surface area contributed by atoms with Crippen LogP contribution < -0.4 is 15.8 Å². The lowest BCUT2D eigenvalue weighted by atomic mass is 10.1. The molecule has 7 heteroatoms. The van der Waals surface area contributed by atoms with E-state index >= 15 is 0 Å². The number of phenolic OH excluding ortho intramolecular Hbond substituents is 2. The molecule has 21 heavy (non-hydrogen) atoms. The predicted molar refractivity (Wildman–Crippen MR) is 77.5 cm³/mol. The molecule has 1 amide bonds. The largest absolute Gasteiger partial charge is 0.504 e. The highest BCUT2D eigenvalue weighted by atomic mass is 16.6. The van der Waals surface area contributed by atoms with Gasteiger partial charge < -0.3 is 30.7 Å². The molecule has 0 saturated carbocycles. The summed E-state index contributed by atoms with van der Waals surface area (Å²) in [5.41, 5.74) is 5.85. The molecule has 0 saturated heterocycles. The highest BCUT2D eigenvalue weighted by molar-refractivity contribution is 5.67. The quantitative estimate of drug-likeness (QED) is 0.628. The van der Waals surface area contributed by atoms with Gasteiger partial charge in [0.2, 0.25) is 5.75 Å². The summed E-state index contributed by atoms with van der Waals surface area (Å²) in [4.78, 5) is 11.5. The molecular weight excluding hydrogens is 276 g/mol. The molecule has 0 spiro atoms. The van der Waals surface area contributed by atoms with E-state index in [-0.39, 0.29) is 23.8 Å². The molecular formula is C14H22N2O5. The molecule has 1 aromatic rings. The first-order valence-electron chi connectivity index (χ1n) is 6.46. The van der Waals surface area contributed by atoms with Gasteiger partial charge in [-0.05, 0) is 38.5 Å². The molecule has 118 valence electrons. The Balaban J connectivity index is 2.70. The molecule has 0 fully saturated rings. The molecule has 0 radical (unpaired) electrons. The third-order valence-electron chi connectivity index (χ3n) is 2.59. The summed E-state index contributed by atoms with van der Waals surface area (Å²) in [5.74, 6) is -0.580. The number of benzene rings is 1. The summed E-state index contributed by atoms with van der Waals surface area (Å²) in [6.07, 6.45) is -0.576. The summed E-state index contributed by atoms with van der Waals surface area (Å²) in [6, 6.07) is 2.23. The molecule has 0 aliphatic rings. The standard InChI is InChI=1S/C14H22N2O5/c1-14(2,3)21-13(19)16-7-9(15)8-5-10(17)12(18)11(6-8)20-4/h5-6,9,17-18H,7,15H2,1-4H3,(H,16,19). The monoisotopic (exact) mass is 298 g/mol. The van der Waals surface area contributed by atoms with Crippen molar-refractivity contribution in [2.24, 2.45) is 5.73 Å². The van der Waals surface area contributed by atoms with Crippen molar-refractivity contribution in [2.45, 2.75) is 32.4 Å². The number of carbonyl (C=O) groups is 1. The first kappa shape index (κ1) is 16.9. The molecule has 0 aromatic heterocycles. The van der Waals surface area contributed by atoms with Crippen molar-refractivity contribution < 1.29 is 24.5 Å². The van der Waals surface area contributed by atoms with E-state index in [0.717, 1.165) is 0 Å². The highest BCUT2D eigenvalue weighted by Crippen LogP contribution is 2.37. The minimum atomic E-state index is -0.589. The van der Waals surface area contributed by atoms with Crippen molar-refractivity contribution in [3.8, 4) is 17.2 Å². The number of hydrogen-bond donors (Lipinski definition) is 4. The minimum absolute atomic E-state index is 0.109. The molecule has 5 N–H and O–H groups in total. The van der Waals surface area contributed by atoms with Crippen LogP contribution in [0.2, 0.25) is 0 Å². The van der Waals surface area contributed by atoms with Crippen LogP contribution in [0.4, 0.5) is 4.79 Å². The van der Waals surface area contributed by atoms with E-state index in [4.69, 9.17) is 15.2 Å². The number of ether oxygens (including phenoxy) is 2. The van der Waals surface area contributed by atoms with Crippen molar-refractivity contribution in [1.82, 2.24) is 5.32 Å². The van der Waals surface area contributed by atoms with E-state index < -0.39 is 17.7 Å². The number of phenols is 2. The molecule has 0 aliphatic heterocycles. The molecule has 7 nitrogen and oxygen atoms in total. The Kier molecular flexibility index (Phi) is 5.26. The number of nitrogens with one attached hydrogen (secondary N) is 1. The van der Waals surface area contributed by atoms with Gasteiger partial charge in [-0.2, -0.15) is 0 Å². The van der Waals surface area contributed by atoms with Crippen LogP contribution in [-0.2, 0) is 4.74 Å². The molecule has 1 unspecified atom stereocenters. The number of alkyl carbamates (subject to hydrolysis) is 1. The lowest BCUT2D eigenvalue weighted by molar-refractivity contribution is 0.0524. The minimum Gasteiger partial charge on any atom is -0.504 e. The van der Waals surface area contributed by atoms with E-state index in [1.54, 1.807) is 20.8 Å². The molecule has 0 bridgehead atoms. The van der Waals surface area contributed by atoms with E-state index in [1.165, 1.54) is 19.2 Å². The maximum absolute atomic E-state index is 11.5.